The number of hydrogen-bond acceptors (Lipinski definition) is 4. The topological polar surface area (TPSA) is 121 Å². The molecule has 0 saturated heterocycles. The van der Waals surface area contributed by atoms with Crippen LogP contribution in [0.4, 0.5) is 10.5 Å². The van der Waals surface area contributed by atoms with Crippen molar-refractivity contribution in [1.29, 1.82) is 0 Å². The molecule has 4 N–H and O–H groups in total. The minimum Gasteiger partial charge on any atom is -0.505 e. The number of aromatic hydroxyl groups is 1. The van der Waals surface area contributed by atoms with E-state index in [2.05, 4.69) is 10.6 Å². The Kier molecular flexibility index (Phi) is 6.85. The molecule has 0 bridgehead atoms. The summed E-state index contributed by atoms with van der Waals surface area (Å²) in [6.45, 7) is 1.59. The summed E-state index contributed by atoms with van der Waals surface area (Å²) >= 11 is 6.07. The first-order chi connectivity index (χ1) is 15.2. The maximum atomic E-state index is 12.6. The molecule has 1 atom stereocenters. The van der Waals surface area contributed by atoms with Crippen LogP contribution in [-0.2, 0) is 11.8 Å². The lowest BCUT2D eigenvalue weighted by Crippen LogP contribution is -2.36. The summed E-state index contributed by atoms with van der Waals surface area (Å²) in [7, 11) is 1.49. The van der Waals surface area contributed by atoms with Gasteiger partial charge in [0.05, 0.1) is 12.5 Å². The van der Waals surface area contributed by atoms with Crippen molar-refractivity contribution in [2.24, 2.45) is 7.05 Å². The number of carboxylic acid groups (broad SMARTS) is 1. The van der Waals surface area contributed by atoms with Crippen molar-refractivity contribution < 1.29 is 19.8 Å². The van der Waals surface area contributed by atoms with Gasteiger partial charge in [0.15, 0.2) is 5.69 Å². The second-order valence-electron chi connectivity index (χ2n) is 7.34. The molecule has 8 nitrogen and oxygen atoms in total. The molecule has 0 radical (unpaired) electrons. The van der Waals surface area contributed by atoms with Crippen LogP contribution in [-0.4, -0.2) is 26.8 Å². The summed E-state index contributed by atoms with van der Waals surface area (Å²) in [6.07, 6.45) is 1.06. The highest BCUT2D eigenvalue weighted by Gasteiger charge is 2.21. The van der Waals surface area contributed by atoms with Gasteiger partial charge in [-0.3, -0.25) is 9.59 Å². The quantitative estimate of drug-likeness (QED) is 0.446. The zero-order chi connectivity index (χ0) is 23.4. The van der Waals surface area contributed by atoms with Crippen molar-refractivity contribution in [2.75, 3.05) is 5.32 Å². The normalized spacial score (nSPS) is 11.6. The zero-order valence-electron chi connectivity index (χ0n) is 17.4. The van der Waals surface area contributed by atoms with Crippen molar-refractivity contribution in [3.8, 4) is 16.9 Å². The Morgan fingerprint density at radius 1 is 1.12 bits per heavy atom. The van der Waals surface area contributed by atoms with E-state index in [9.17, 15) is 24.6 Å². The smallest absolute Gasteiger partial charge is 0.319 e. The van der Waals surface area contributed by atoms with Crippen molar-refractivity contribution in [3.05, 3.63) is 81.2 Å². The summed E-state index contributed by atoms with van der Waals surface area (Å²) in [4.78, 5) is 36.3. The average molecular weight is 456 g/mol. The molecule has 0 unspecified atom stereocenters. The Labute approximate surface area is 189 Å². The number of pyridine rings is 1. The molecule has 166 valence electrons. The number of nitrogens with one attached hydrogen (secondary N) is 2. The minimum absolute atomic E-state index is 0.285. The number of nitrogens with zero attached hydrogens (tertiary/aromatic N) is 1. The fourth-order valence-electron chi connectivity index (χ4n) is 3.34. The minimum atomic E-state index is -1.11. The van der Waals surface area contributed by atoms with Crippen LogP contribution in [0.1, 0.15) is 23.6 Å². The van der Waals surface area contributed by atoms with Gasteiger partial charge in [-0.25, -0.2) is 4.79 Å². The molecule has 0 saturated carbocycles. The van der Waals surface area contributed by atoms with Gasteiger partial charge >= 0.3 is 12.0 Å². The molecule has 3 aromatic rings. The molecule has 2 aromatic carbocycles. The molecule has 0 aliphatic heterocycles. The zero-order valence-corrected chi connectivity index (χ0v) is 18.2. The Balaban J connectivity index is 1.88. The van der Waals surface area contributed by atoms with Gasteiger partial charge in [0, 0.05) is 23.8 Å². The highest BCUT2D eigenvalue weighted by atomic mass is 35.5. The van der Waals surface area contributed by atoms with Gasteiger partial charge in [-0.05, 0) is 41.8 Å². The van der Waals surface area contributed by atoms with Gasteiger partial charge in [0.2, 0.25) is 0 Å². The van der Waals surface area contributed by atoms with Gasteiger partial charge < -0.3 is 25.4 Å². The third-order valence-corrected chi connectivity index (χ3v) is 5.14. The highest BCUT2D eigenvalue weighted by Crippen LogP contribution is 2.27. The third-order valence-electron chi connectivity index (χ3n) is 4.90. The number of halogens is 1. The Bertz CT molecular complexity index is 1240. The van der Waals surface area contributed by atoms with Crippen LogP contribution in [0, 0.1) is 6.92 Å². The van der Waals surface area contributed by atoms with Crippen LogP contribution < -0.4 is 16.2 Å². The molecule has 0 spiro atoms. The van der Waals surface area contributed by atoms with E-state index in [1.54, 1.807) is 43.3 Å². The first-order valence-electron chi connectivity index (χ1n) is 9.70. The van der Waals surface area contributed by atoms with E-state index in [1.807, 2.05) is 12.1 Å². The summed E-state index contributed by atoms with van der Waals surface area (Å²) in [5.74, 6) is -1.46. The van der Waals surface area contributed by atoms with E-state index < -0.39 is 23.6 Å². The SMILES string of the molecule is Cc1cn(C)c(=O)c(NC(=O)N[C@@H](CC(=O)O)c2cccc(-c3cccc(Cl)c3)c2)c1O. The molecular weight excluding hydrogens is 434 g/mol. The van der Waals surface area contributed by atoms with E-state index >= 15 is 0 Å². The van der Waals surface area contributed by atoms with Crippen LogP contribution >= 0.6 is 11.6 Å². The second kappa shape index (κ2) is 9.57. The predicted molar refractivity (Wildman–Crippen MR) is 122 cm³/mol. The molecule has 3 rings (SSSR count). The van der Waals surface area contributed by atoms with E-state index in [1.165, 1.54) is 17.8 Å². The Morgan fingerprint density at radius 3 is 2.44 bits per heavy atom. The van der Waals surface area contributed by atoms with Crippen molar-refractivity contribution in [2.45, 2.75) is 19.4 Å². The van der Waals surface area contributed by atoms with Crippen LogP contribution in [0.5, 0.6) is 5.75 Å². The number of carboxylic acids is 1. The summed E-state index contributed by atoms with van der Waals surface area (Å²) < 4.78 is 1.23. The number of hydrogen-bond donors (Lipinski definition) is 4. The third kappa shape index (κ3) is 5.28. The standard InChI is InChI=1S/C23H22ClN3O5/c1-13-12-27(2)22(31)20(21(13)30)26-23(32)25-18(11-19(28)29)16-7-3-5-14(9-16)15-6-4-8-17(24)10-15/h3-10,12,18,30H,11H2,1-2H3,(H,28,29)(H2,25,26,32)/t18-/m0/s1. The van der Waals surface area contributed by atoms with Crippen molar-refractivity contribution in [1.82, 2.24) is 9.88 Å². The fourth-order valence-corrected chi connectivity index (χ4v) is 3.53. The molecule has 1 heterocycles. The first kappa shape index (κ1) is 22.9. The van der Waals surface area contributed by atoms with Gasteiger partial charge in [0.1, 0.15) is 5.75 Å². The number of carbonyl (C=O) groups excluding carboxylic acids is 1. The maximum absolute atomic E-state index is 12.6. The second-order valence-corrected chi connectivity index (χ2v) is 7.77. The van der Waals surface area contributed by atoms with Gasteiger partial charge in [-0.1, -0.05) is 41.9 Å². The number of urea groups is 1. The number of benzene rings is 2. The van der Waals surface area contributed by atoms with E-state index in [0.29, 0.717) is 16.1 Å². The molecule has 9 heteroatoms. The molecular formula is C23H22ClN3O5. The maximum Gasteiger partial charge on any atom is 0.319 e. The van der Waals surface area contributed by atoms with Crippen LogP contribution in [0.2, 0.25) is 5.02 Å². The molecule has 0 aliphatic rings. The van der Waals surface area contributed by atoms with Gasteiger partial charge in [-0.15, -0.1) is 0 Å². The molecule has 0 fully saturated rings. The molecule has 1 aromatic heterocycles. The van der Waals surface area contributed by atoms with Crippen LogP contribution in [0.3, 0.4) is 0 Å². The van der Waals surface area contributed by atoms with Crippen molar-refractivity contribution >= 4 is 29.3 Å². The van der Waals surface area contributed by atoms with E-state index in [4.69, 9.17) is 11.6 Å². The lowest BCUT2D eigenvalue weighted by Gasteiger charge is -2.19. The largest absolute Gasteiger partial charge is 0.505 e. The van der Waals surface area contributed by atoms with Crippen molar-refractivity contribution in [3.63, 3.8) is 0 Å². The number of anilines is 1. The number of amides is 2. The summed E-state index contributed by atoms with van der Waals surface area (Å²) in [6, 6.07) is 12.6. The van der Waals surface area contributed by atoms with Gasteiger partial charge in [-0.2, -0.15) is 0 Å². The Hall–Kier alpha value is -3.78. The monoisotopic (exact) mass is 455 g/mol. The number of carbonyl (C=O) groups is 2. The number of aliphatic carboxylic acids is 1. The molecule has 32 heavy (non-hydrogen) atoms. The lowest BCUT2D eigenvalue weighted by molar-refractivity contribution is -0.137. The number of aromatic nitrogens is 1. The summed E-state index contributed by atoms with van der Waals surface area (Å²) in [5, 5.41) is 25.0. The lowest BCUT2D eigenvalue weighted by atomic mass is 9.98. The van der Waals surface area contributed by atoms with Crippen LogP contribution in [0.15, 0.2) is 59.5 Å². The highest BCUT2D eigenvalue weighted by molar-refractivity contribution is 6.30. The number of aryl methyl sites for hydroxylation is 2. The Morgan fingerprint density at radius 2 is 1.78 bits per heavy atom. The fraction of sp³-hybridized carbons (Fsp3) is 0.174. The van der Waals surface area contributed by atoms with E-state index in [0.717, 1.165) is 11.1 Å². The molecule has 0 aliphatic carbocycles. The predicted octanol–water partition coefficient (Wildman–Crippen LogP) is 4.06. The average Bonchev–Trinajstić information content (AvgIpc) is 2.75. The van der Waals surface area contributed by atoms with Crippen LogP contribution in [0.25, 0.3) is 11.1 Å². The van der Waals surface area contributed by atoms with Gasteiger partial charge in [0.25, 0.3) is 5.56 Å². The molecule has 2 amide bonds. The summed E-state index contributed by atoms with van der Waals surface area (Å²) in [5.41, 5.74) is 1.71. The number of rotatable bonds is 6. The van der Waals surface area contributed by atoms with E-state index in [-0.39, 0.29) is 17.9 Å². The first-order valence-corrected chi connectivity index (χ1v) is 10.1.